The van der Waals surface area contributed by atoms with Crippen LogP contribution in [0.4, 0.5) is 68.2 Å². The Morgan fingerprint density at radius 2 is 0.697 bits per heavy atom. The molecule has 4 nitrogen and oxygen atoms in total. The second-order valence-electron chi connectivity index (χ2n) is 52.0. The van der Waals surface area contributed by atoms with Gasteiger partial charge in [0.05, 0.1) is 17.1 Å². The second-order valence-corrected chi connectivity index (χ2v) is 54.2. The van der Waals surface area contributed by atoms with Crippen LogP contribution in [-0.4, -0.2) is 13.4 Å². The highest BCUT2D eigenvalue weighted by molar-refractivity contribution is 7.34. The molecule has 0 amide bonds. The summed E-state index contributed by atoms with van der Waals surface area (Å²) in [4.78, 5) is 11.2. The Morgan fingerprint density at radius 3 is 1.21 bits per heavy atom. The van der Waals surface area contributed by atoms with Crippen LogP contribution in [0.1, 0.15) is 348 Å². The topological polar surface area (TPSA) is 13.0 Å². The third-order valence-corrected chi connectivity index (χ3v) is 37.2. The Kier molecular flexibility index (Phi) is 19.7. The summed E-state index contributed by atoms with van der Waals surface area (Å²) in [5.74, 6) is 0. The average Bonchev–Trinajstić information content (AvgIpc) is 1.35. The van der Waals surface area contributed by atoms with Crippen molar-refractivity contribution in [3.8, 4) is 11.1 Å². The smallest absolute Gasteiger partial charge is 0.264 e. The fourth-order valence-corrected chi connectivity index (χ4v) is 27.9. The van der Waals surface area contributed by atoms with Gasteiger partial charge in [0, 0.05) is 86.5 Å². The van der Waals surface area contributed by atoms with Gasteiger partial charge >= 0.3 is 0 Å². The standard InChI is InChI=1S/C124H144B2N4S2/c1-73-59-100-106-101(60-73)129(97-70-90-87(61-74(97)2)118(19,20)51-53-121(90,25)26)99-72-92-93(69-95(99)126(106)110-108(84-63-78(114(9,10)11)40-47-104(84)131-110)128(100)81-42-37-76(38-43-81)112(3,4)5)124(31,58-56-123(92,29)30)57-55-116(15,16)80-65-102-107-103(66-80)130(96-46-39-77(113(6,7)8)62-83(96)75-35-33-32-34-36-75)109-85-64-79(115(12,13)14)41-48-105(85)132-111(109)125(107)94-68-89-91(122(27,28)54-52-120(89,23)24)71-98(94)127(102)82-44-45-86-88(67-82)119(21,22)50-49-117(86,17)18/h32-48,59-72H,49-58H2,1-31H3. The van der Waals surface area contributed by atoms with Crippen molar-refractivity contribution in [1.82, 2.24) is 0 Å². The number of fused-ring (bicyclic) bond motifs is 16. The van der Waals surface area contributed by atoms with Crippen molar-refractivity contribution in [2.24, 2.45) is 0 Å². The minimum absolute atomic E-state index is 0.00106. The van der Waals surface area contributed by atoms with Crippen LogP contribution in [0, 0.1) is 13.8 Å². The number of nitrogens with zero attached hydrogens (tertiary/aromatic N) is 4. The van der Waals surface area contributed by atoms with E-state index in [2.05, 4.69) is 445 Å². The molecule has 1 unspecified atom stereocenters. The lowest BCUT2D eigenvalue weighted by molar-refractivity contribution is 0.272. The molecule has 0 radical (unpaired) electrons. The summed E-state index contributed by atoms with van der Waals surface area (Å²) >= 11 is 4.11. The van der Waals surface area contributed by atoms with Gasteiger partial charge in [-0.2, -0.15) is 0 Å². The number of anilines is 12. The van der Waals surface area contributed by atoms with E-state index in [-0.39, 0.29) is 83.8 Å². The largest absolute Gasteiger partial charge is 0.311 e. The van der Waals surface area contributed by atoms with Gasteiger partial charge in [0.2, 0.25) is 0 Å². The molecule has 4 aliphatic heterocycles. The first-order valence-corrected chi connectivity index (χ1v) is 51.9. The third kappa shape index (κ3) is 13.8. The second kappa shape index (κ2) is 29.1. The lowest BCUT2D eigenvalue weighted by Crippen LogP contribution is -2.61. The zero-order valence-corrected chi connectivity index (χ0v) is 87.4. The molecule has 678 valence electrons. The zero-order valence-electron chi connectivity index (χ0n) is 85.7. The Balaban J connectivity index is 0.810. The van der Waals surface area contributed by atoms with E-state index in [1.165, 1.54) is 227 Å². The van der Waals surface area contributed by atoms with Crippen LogP contribution in [0.25, 0.3) is 31.3 Å². The Bertz CT molecular complexity index is 7020. The summed E-state index contributed by atoms with van der Waals surface area (Å²) in [6.45, 7) is 76.8. The number of hydrogen-bond donors (Lipinski definition) is 0. The molecule has 1 atom stereocenters. The number of benzene rings is 11. The molecule has 4 aliphatic carbocycles. The molecule has 8 aliphatic rings. The average molecular weight is 1780 g/mol. The van der Waals surface area contributed by atoms with Gasteiger partial charge in [0.15, 0.2) is 0 Å². The highest BCUT2D eigenvalue weighted by atomic mass is 32.1. The van der Waals surface area contributed by atoms with E-state index in [1.807, 2.05) is 0 Å². The minimum atomic E-state index is -0.355. The first-order valence-electron chi connectivity index (χ1n) is 50.2. The lowest BCUT2D eigenvalue weighted by Gasteiger charge is -2.49. The summed E-state index contributed by atoms with van der Waals surface area (Å²) in [7, 11) is 0. The van der Waals surface area contributed by atoms with E-state index in [4.69, 9.17) is 0 Å². The molecular formula is C124H144B2N4S2. The molecule has 0 spiro atoms. The highest BCUT2D eigenvalue weighted by Crippen LogP contribution is 2.61. The molecule has 13 aromatic rings. The van der Waals surface area contributed by atoms with Crippen LogP contribution in [0.3, 0.4) is 0 Å². The van der Waals surface area contributed by atoms with Crippen molar-refractivity contribution in [3.05, 3.63) is 272 Å². The van der Waals surface area contributed by atoms with Gasteiger partial charge in [-0.25, -0.2) is 0 Å². The van der Waals surface area contributed by atoms with Crippen LogP contribution in [-0.2, 0) is 70.4 Å². The molecule has 0 bridgehead atoms. The molecule has 6 heterocycles. The van der Waals surface area contributed by atoms with E-state index in [9.17, 15) is 0 Å². The fourth-order valence-electron chi connectivity index (χ4n) is 25.3. The van der Waals surface area contributed by atoms with Gasteiger partial charge in [-0.05, 0) is 362 Å². The SMILES string of the molecule is Cc1cc2c3c(c1)N(c1ccc(C(C)(C)C)cc1)c1c(sc4ccc(C(C)(C)C)cc14)B3c1cc3c(cc1N2c1cc2c(cc1C)C(C)(C)CCC2(C)C)C(C)(C)CCC3(C)CCC(C)(C)c1cc2c3c(c1)N(c1ccc(C(C)(C)C)cc1-c1ccccc1)c1c(sc4ccc(C(C)(C)C)cc14)B3c1cc3c(cc1N2c1ccc2c(c1)C(C)(C)CCC2(C)C)C(C)(C)CCC3(C)C. The summed E-state index contributed by atoms with van der Waals surface area (Å²) in [5, 5.41) is 2.69. The monoisotopic (exact) mass is 1780 g/mol. The van der Waals surface area contributed by atoms with Gasteiger partial charge < -0.3 is 19.6 Å². The predicted octanol–water partition coefficient (Wildman–Crippen LogP) is 31.9. The first-order chi connectivity index (χ1) is 61.6. The highest BCUT2D eigenvalue weighted by Gasteiger charge is 2.54. The van der Waals surface area contributed by atoms with Gasteiger partial charge in [0.25, 0.3) is 13.4 Å². The van der Waals surface area contributed by atoms with Crippen molar-refractivity contribution in [2.45, 2.75) is 349 Å². The zero-order chi connectivity index (χ0) is 93.9. The van der Waals surface area contributed by atoms with Crippen LogP contribution in [0.2, 0.25) is 0 Å². The van der Waals surface area contributed by atoms with Crippen LogP contribution >= 0.6 is 22.7 Å². The number of thiophene rings is 2. The maximum absolute atomic E-state index is 2.87. The normalized spacial score (nSPS) is 19.7. The van der Waals surface area contributed by atoms with Crippen LogP contribution in [0.15, 0.2) is 188 Å². The van der Waals surface area contributed by atoms with Crippen molar-refractivity contribution in [3.63, 3.8) is 0 Å². The Hall–Kier alpha value is -9.33. The van der Waals surface area contributed by atoms with Crippen molar-refractivity contribution < 1.29 is 0 Å². The number of aryl methyl sites for hydroxylation is 2. The molecule has 0 fully saturated rings. The molecule has 21 rings (SSSR count). The molecule has 0 N–H and O–H groups in total. The summed E-state index contributed by atoms with van der Waals surface area (Å²) in [6, 6.07) is 78.8. The van der Waals surface area contributed by atoms with Crippen molar-refractivity contribution >= 4 is 156 Å². The fraction of sp³-hybridized carbons (Fsp3) is 0.435. The maximum atomic E-state index is 2.87. The van der Waals surface area contributed by atoms with Gasteiger partial charge in [0.1, 0.15) is 0 Å². The summed E-state index contributed by atoms with van der Waals surface area (Å²) in [5.41, 5.74) is 44.3. The molecule has 0 saturated carbocycles. The summed E-state index contributed by atoms with van der Waals surface area (Å²) < 4.78 is 5.56. The Labute approximate surface area is 801 Å². The van der Waals surface area contributed by atoms with E-state index < -0.39 is 0 Å². The van der Waals surface area contributed by atoms with E-state index in [1.54, 1.807) is 0 Å². The van der Waals surface area contributed by atoms with Crippen LogP contribution < -0.4 is 51.0 Å². The minimum Gasteiger partial charge on any atom is -0.311 e. The molecule has 2 aromatic heterocycles. The molecule has 8 heteroatoms. The van der Waals surface area contributed by atoms with Crippen LogP contribution in [0.5, 0.6) is 0 Å². The summed E-state index contributed by atoms with van der Waals surface area (Å²) in [6.07, 6.45) is 11.1. The quantitative estimate of drug-likeness (QED) is 0.134. The van der Waals surface area contributed by atoms with Gasteiger partial charge in [-0.1, -0.05) is 286 Å². The van der Waals surface area contributed by atoms with Crippen molar-refractivity contribution in [2.75, 3.05) is 19.6 Å². The van der Waals surface area contributed by atoms with Crippen molar-refractivity contribution in [1.29, 1.82) is 0 Å². The molecule has 11 aromatic carbocycles. The van der Waals surface area contributed by atoms with Gasteiger partial charge in [-0.15, -0.1) is 22.7 Å². The number of rotatable bonds is 9. The lowest BCUT2D eigenvalue weighted by atomic mass is 9.35. The number of hydrogen-bond acceptors (Lipinski definition) is 6. The van der Waals surface area contributed by atoms with Gasteiger partial charge in [-0.3, -0.25) is 0 Å². The Morgan fingerprint density at radius 1 is 0.303 bits per heavy atom. The molecular weight excluding hydrogens is 1630 g/mol. The predicted molar refractivity (Wildman–Crippen MR) is 579 cm³/mol. The third-order valence-electron chi connectivity index (χ3n) is 34.8. The van der Waals surface area contributed by atoms with E-state index in [0.29, 0.717) is 0 Å². The van der Waals surface area contributed by atoms with E-state index >= 15 is 0 Å². The maximum Gasteiger partial charge on any atom is 0.264 e. The molecule has 0 saturated heterocycles. The molecule has 132 heavy (non-hydrogen) atoms. The first kappa shape index (κ1) is 89.2. The van der Waals surface area contributed by atoms with E-state index in [0.717, 1.165) is 51.4 Å².